The summed E-state index contributed by atoms with van der Waals surface area (Å²) in [5.74, 6) is -0.471. The molecule has 4 nitrogen and oxygen atoms in total. The monoisotopic (exact) mass is 316 g/mol. The van der Waals surface area contributed by atoms with Crippen LogP contribution in [0.5, 0.6) is 0 Å². The molecule has 1 heterocycles. The fourth-order valence-corrected chi connectivity index (χ4v) is 2.94. The van der Waals surface area contributed by atoms with Crippen LogP contribution in [0, 0.1) is 13.8 Å². The van der Waals surface area contributed by atoms with E-state index in [2.05, 4.69) is 5.32 Å². The molecule has 0 radical (unpaired) electrons. The van der Waals surface area contributed by atoms with Gasteiger partial charge in [-0.3, -0.25) is 9.59 Å². The Morgan fingerprint density at radius 1 is 1.14 bits per heavy atom. The number of anilines is 1. The van der Waals surface area contributed by atoms with Gasteiger partial charge in [-0.25, -0.2) is 0 Å². The number of hydrogen-bond donors (Lipinski definition) is 1. The van der Waals surface area contributed by atoms with Crippen LogP contribution in [0.15, 0.2) is 35.7 Å². The van der Waals surface area contributed by atoms with Gasteiger partial charge in [-0.2, -0.15) is 0 Å². The molecule has 22 heavy (non-hydrogen) atoms. The molecule has 0 fully saturated rings. The van der Waals surface area contributed by atoms with E-state index in [1.54, 1.807) is 23.3 Å². The standard InChI is InChI=1S/C17H20N2O2S/c1-12-4-6-14(7-5-12)18-16(20)10-17(21)19(3)11-15-13(2)8-9-22-15/h4-9H,10-11H2,1-3H3,(H,18,20). The molecule has 0 saturated carbocycles. The fraction of sp³-hybridized carbons (Fsp3) is 0.294. The highest BCUT2D eigenvalue weighted by atomic mass is 32.1. The van der Waals surface area contributed by atoms with Crippen molar-refractivity contribution in [3.8, 4) is 0 Å². The van der Waals surface area contributed by atoms with Crippen LogP contribution >= 0.6 is 11.3 Å². The molecule has 5 heteroatoms. The van der Waals surface area contributed by atoms with Gasteiger partial charge in [0.15, 0.2) is 0 Å². The summed E-state index contributed by atoms with van der Waals surface area (Å²) < 4.78 is 0. The van der Waals surface area contributed by atoms with Gasteiger partial charge in [0.05, 0.1) is 6.54 Å². The molecule has 116 valence electrons. The Kier molecular flexibility index (Phi) is 5.33. The van der Waals surface area contributed by atoms with Crippen molar-refractivity contribution in [2.75, 3.05) is 12.4 Å². The summed E-state index contributed by atoms with van der Waals surface area (Å²) in [6.45, 7) is 4.55. The van der Waals surface area contributed by atoms with Crippen LogP contribution in [-0.4, -0.2) is 23.8 Å². The van der Waals surface area contributed by atoms with Crippen molar-refractivity contribution in [2.24, 2.45) is 0 Å². The van der Waals surface area contributed by atoms with Gasteiger partial charge >= 0.3 is 0 Å². The molecule has 0 bridgehead atoms. The van der Waals surface area contributed by atoms with Gasteiger partial charge in [0.25, 0.3) is 0 Å². The summed E-state index contributed by atoms with van der Waals surface area (Å²) in [6, 6.07) is 9.53. The molecule has 1 aromatic carbocycles. The largest absolute Gasteiger partial charge is 0.340 e. The van der Waals surface area contributed by atoms with Gasteiger partial charge in [0.2, 0.25) is 11.8 Å². The van der Waals surface area contributed by atoms with Gasteiger partial charge in [-0.1, -0.05) is 17.7 Å². The number of carbonyl (C=O) groups is 2. The quantitative estimate of drug-likeness (QED) is 0.860. The Bertz CT molecular complexity index is 662. The highest BCUT2D eigenvalue weighted by Crippen LogP contribution is 2.17. The van der Waals surface area contributed by atoms with Crippen molar-refractivity contribution < 1.29 is 9.59 Å². The number of thiophene rings is 1. The van der Waals surface area contributed by atoms with Crippen LogP contribution in [0.4, 0.5) is 5.69 Å². The second-order valence-corrected chi connectivity index (χ2v) is 6.37. The lowest BCUT2D eigenvalue weighted by Crippen LogP contribution is -2.30. The lowest BCUT2D eigenvalue weighted by atomic mass is 10.2. The SMILES string of the molecule is Cc1ccc(NC(=O)CC(=O)N(C)Cc2sccc2C)cc1. The lowest BCUT2D eigenvalue weighted by molar-refractivity contribution is -0.133. The van der Waals surface area contributed by atoms with Crippen LogP contribution in [0.1, 0.15) is 22.4 Å². The molecule has 1 N–H and O–H groups in total. The average Bonchev–Trinajstić information content (AvgIpc) is 2.86. The zero-order valence-electron chi connectivity index (χ0n) is 13.1. The van der Waals surface area contributed by atoms with E-state index in [0.29, 0.717) is 12.2 Å². The summed E-state index contributed by atoms with van der Waals surface area (Å²) in [4.78, 5) is 26.8. The van der Waals surface area contributed by atoms with Gasteiger partial charge < -0.3 is 10.2 Å². The van der Waals surface area contributed by atoms with Gasteiger partial charge in [-0.05, 0) is 43.0 Å². The van der Waals surface area contributed by atoms with Crippen LogP contribution < -0.4 is 5.32 Å². The maximum absolute atomic E-state index is 12.1. The first-order valence-corrected chi connectivity index (χ1v) is 7.97. The smallest absolute Gasteiger partial charge is 0.233 e. The second kappa shape index (κ2) is 7.22. The second-order valence-electron chi connectivity index (χ2n) is 5.37. The summed E-state index contributed by atoms with van der Waals surface area (Å²) in [5, 5.41) is 4.75. The molecular formula is C17H20N2O2S. The maximum Gasteiger partial charge on any atom is 0.233 e. The van der Waals surface area contributed by atoms with Crippen molar-refractivity contribution >= 4 is 28.8 Å². The van der Waals surface area contributed by atoms with Crippen LogP contribution in [0.3, 0.4) is 0 Å². The molecule has 0 atom stereocenters. The number of carbonyl (C=O) groups excluding carboxylic acids is 2. The molecule has 2 amide bonds. The van der Waals surface area contributed by atoms with Crippen LogP contribution in [0.2, 0.25) is 0 Å². The van der Waals surface area contributed by atoms with E-state index in [0.717, 1.165) is 10.4 Å². The topological polar surface area (TPSA) is 49.4 Å². The summed E-state index contributed by atoms with van der Waals surface area (Å²) >= 11 is 1.62. The predicted molar refractivity (Wildman–Crippen MR) is 90.0 cm³/mol. The van der Waals surface area contributed by atoms with E-state index in [9.17, 15) is 9.59 Å². The number of nitrogens with one attached hydrogen (secondary N) is 1. The first-order chi connectivity index (χ1) is 10.5. The molecule has 2 rings (SSSR count). The van der Waals surface area contributed by atoms with E-state index in [4.69, 9.17) is 0 Å². The molecule has 0 aliphatic carbocycles. The van der Waals surface area contributed by atoms with Crippen molar-refractivity contribution in [1.82, 2.24) is 4.90 Å². The summed E-state index contributed by atoms with van der Waals surface area (Å²) in [5.41, 5.74) is 3.01. The zero-order valence-corrected chi connectivity index (χ0v) is 13.9. The van der Waals surface area contributed by atoms with Crippen molar-refractivity contribution in [2.45, 2.75) is 26.8 Å². The summed E-state index contributed by atoms with van der Waals surface area (Å²) in [6.07, 6.45) is -0.144. The summed E-state index contributed by atoms with van der Waals surface area (Å²) in [7, 11) is 1.72. The number of benzene rings is 1. The molecule has 0 unspecified atom stereocenters. The molecule has 0 aliphatic rings. The van der Waals surface area contributed by atoms with Crippen molar-refractivity contribution in [3.63, 3.8) is 0 Å². The normalized spacial score (nSPS) is 10.3. The van der Waals surface area contributed by atoms with E-state index in [-0.39, 0.29) is 18.2 Å². The van der Waals surface area contributed by atoms with Crippen LogP contribution in [0.25, 0.3) is 0 Å². The maximum atomic E-state index is 12.1. The van der Waals surface area contributed by atoms with Gasteiger partial charge in [0, 0.05) is 17.6 Å². The number of hydrogen-bond acceptors (Lipinski definition) is 3. The number of nitrogens with zero attached hydrogens (tertiary/aromatic N) is 1. The number of rotatable bonds is 5. The lowest BCUT2D eigenvalue weighted by Gasteiger charge is -2.16. The molecular weight excluding hydrogens is 296 g/mol. The van der Waals surface area contributed by atoms with Gasteiger partial charge in [0.1, 0.15) is 6.42 Å². The Labute approximate surface area is 134 Å². The van der Waals surface area contributed by atoms with Crippen molar-refractivity contribution in [3.05, 3.63) is 51.7 Å². The first-order valence-electron chi connectivity index (χ1n) is 7.09. The molecule has 0 aliphatic heterocycles. The fourth-order valence-electron chi connectivity index (χ4n) is 1.98. The molecule has 0 saturated heterocycles. The Balaban J connectivity index is 1.86. The Hall–Kier alpha value is -2.14. The van der Waals surface area contributed by atoms with E-state index in [1.165, 1.54) is 5.56 Å². The third kappa shape index (κ3) is 4.43. The van der Waals surface area contributed by atoms with E-state index in [1.807, 2.05) is 49.6 Å². The van der Waals surface area contributed by atoms with Crippen molar-refractivity contribution in [1.29, 1.82) is 0 Å². The Morgan fingerprint density at radius 2 is 1.82 bits per heavy atom. The molecule has 2 aromatic rings. The average molecular weight is 316 g/mol. The van der Waals surface area contributed by atoms with Gasteiger partial charge in [-0.15, -0.1) is 11.3 Å². The van der Waals surface area contributed by atoms with Crippen LogP contribution in [-0.2, 0) is 16.1 Å². The third-order valence-electron chi connectivity index (χ3n) is 3.42. The Morgan fingerprint density at radius 3 is 2.41 bits per heavy atom. The number of amides is 2. The zero-order chi connectivity index (χ0) is 16.1. The highest BCUT2D eigenvalue weighted by molar-refractivity contribution is 7.10. The molecule has 0 spiro atoms. The highest BCUT2D eigenvalue weighted by Gasteiger charge is 2.15. The minimum absolute atomic E-state index is 0.144. The predicted octanol–water partition coefficient (Wildman–Crippen LogP) is 3.35. The number of aryl methyl sites for hydroxylation is 2. The minimum atomic E-state index is -0.288. The third-order valence-corrected chi connectivity index (χ3v) is 4.43. The van der Waals surface area contributed by atoms with E-state index >= 15 is 0 Å². The van der Waals surface area contributed by atoms with E-state index < -0.39 is 0 Å². The first kappa shape index (κ1) is 16.2. The molecule has 1 aromatic heterocycles. The minimum Gasteiger partial charge on any atom is -0.340 e.